The fraction of sp³-hybridized carbons (Fsp3) is 0.500. The maximum absolute atomic E-state index is 10.3. The van der Waals surface area contributed by atoms with E-state index in [0.717, 1.165) is 25.2 Å². The minimum Gasteiger partial charge on any atom is -0.396 e. The summed E-state index contributed by atoms with van der Waals surface area (Å²) in [6, 6.07) is 16.0. The molecule has 4 heteroatoms. The fourth-order valence-corrected chi connectivity index (χ4v) is 5.06. The Balaban J connectivity index is 1.52. The molecular weight excluding hydrogens is 322 g/mol. The standard InChI is InChI=1S/C22H29N3O/c1-24(2)21-11-8-18(14-23-21)15-25-19-9-10-20(25)22(13-19,16-26)12-17-6-4-3-5-7-17/h3-8,11,14,19-20,26H,9-10,12-13,15-16H2,1-2H3/t19-,20+,22-/m0/s1. The average Bonchev–Trinajstić information content (AvgIpc) is 3.18. The molecule has 0 amide bonds. The van der Waals surface area contributed by atoms with Crippen molar-refractivity contribution in [3.63, 3.8) is 0 Å². The van der Waals surface area contributed by atoms with Crippen molar-refractivity contribution < 1.29 is 5.11 Å². The molecule has 0 saturated carbocycles. The van der Waals surface area contributed by atoms with Gasteiger partial charge in [0, 0.05) is 44.3 Å². The van der Waals surface area contributed by atoms with Gasteiger partial charge in [0.1, 0.15) is 5.82 Å². The number of hydrogen-bond acceptors (Lipinski definition) is 4. The number of benzene rings is 1. The van der Waals surface area contributed by atoms with E-state index in [4.69, 9.17) is 0 Å². The van der Waals surface area contributed by atoms with Gasteiger partial charge in [0.15, 0.2) is 0 Å². The topological polar surface area (TPSA) is 39.6 Å². The largest absolute Gasteiger partial charge is 0.396 e. The van der Waals surface area contributed by atoms with Gasteiger partial charge in [-0.05, 0) is 42.9 Å². The lowest BCUT2D eigenvalue weighted by Crippen LogP contribution is -2.41. The van der Waals surface area contributed by atoms with Crippen LogP contribution in [0.4, 0.5) is 5.82 Å². The van der Waals surface area contributed by atoms with Crippen LogP contribution in [0.2, 0.25) is 0 Å². The SMILES string of the molecule is CN(C)c1ccc(CN2[C@H]3CC[C@@H]2[C@@](CO)(Cc2ccccc2)C3)cn1. The van der Waals surface area contributed by atoms with Gasteiger partial charge in [0.05, 0.1) is 6.61 Å². The highest BCUT2D eigenvalue weighted by atomic mass is 16.3. The minimum atomic E-state index is 0.00127. The van der Waals surface area contributed by atoms with Crippen molar-refractivity contribution in [1.82, 2.24) is 9.88 Å². The summed E-state index contributed by atoms with van der Waals surface area (Å²) in [6.07, 6.45) is 6.53. The summed E-state index contributed by atoms with van der Waals surface area (Å²) in [5, 5.41) is 10.3. The molecule has 2 aliphatic rings. The molecule has 2 aromatic rings. The van der Waals surface area contributed by atoms with E-state index in [9.17, 15) is 5.11 Å². The van der Waals surface area contributed by atoms with E-state index in [0.29, 0.717) is 12.1 Å². The number of pyridine rings is 1. The highest BCUT2D eigenvalue weighted by Gasteiger charge is 2.55. The first kappa shape index (κ1) is 17.5. The summed E-state index contributed by atoms with van der Waals surface area (Å²) in [7, 11) is 4.03. The molecule has 4 nitrogen and oxygen atoms in total. The predicted molar refractivity (Wildman–Crippen MR) is 105 cm³/mol. The number of aliphatic hydroxyl groups is 1. The van der Waals surface area contributed by atoms with E-state index in [1.165, 1.54) is 24.0 Å². The van der Waals surface area contributed by atoms with Crippen molar-refractivity contribution in [2.45, 2.75) is 44.3 Å². The number of nitrogens with zero attached hydrogens (tertiary/aromatic N) is 3. The van der Waals surface area contributed by atoms with Gasteiger partial charge in [0.25, 0.3) is 0 Å². The monoisotopic (exact) mass is 351 g/mol. The smallest absolute Gasteiger partial charge is 0.127 e. The Morgan fingerprint density at radius 3 is 2.58 bits per heavy atom. The van der Waals surface area contributed by atoms with E-state index in [-0.39, 0.29) is 12.0 Å². The van der Waals surface area contributed by atoms with Gasteiger partial charge < -0.3 is 10.0 Å². The van der Waals surface area contributed by atoms with Crippen molar-refractivity contribution in [3.05, 3.63) is 59.8 Å². The van der Waals surface area contributed by atoms with Crippen LogP contribution in [-0.2, 0) is 13.0 Å². The molecule has 2 bridgehead atoms. The van der Waals surface area contributed by atoms with Crippen LogP contribution in [0.1, 0.15) is 30.4 Å². The molecule has 1 aromatic heterocycles. The van der Waals surface area contributed by atoms with Crippen LogP contribution in [0, 0.1) is 5.41 Å². The maximum atomic E-state index is 10.3. The summed E-state index contributed by atoms with van der Waals surface area (Å²) in [5.41, 5.74) is 2.60. The van der Waals surface area contributed by atoms with Crippen LogP contribution in [0.25, 0.3) is 0 Å². The molecule has 2 fully saturated rings. The van der Waals surface area contributed by atoms with Crippen LogP contribution in [0.5, 0.6) is 0 Å². The van der Waals surface area contributed by atoms with E-state index in [2.05, 4.69) is 52.3 Å². The molecule has 3 atom stereocenters. The summed E-state index contributed by atoms with van der Waals surface area (Å²) in [6.45, 7) is 1.21. The lowest BCUT2D eigenvalue weighted by molar-refractivity contribution is 0.0750. The number of fused-ring (bicyclic) bond motifs is 2. The summed E-state index contributed by atoms with van der Waals surface area (Å²) in [4.78, 5) is 9.22. The lowest BCUT2D eigenvalue weighted by atomic mass is 9.70. The van der Waals surface area contributed by atoms with Gasteiger partial charge in [0.2, 0.25) is 0 Å². The Morgan fingerprint density at radius 1 is 1.12 bits per heavy atom. The van der Waals surface area contributed by atoms with Crippen LogP contribution in [-0.4, -0.2) is 47.8 Å². The van der Waals surface area contributed by atoms with Crippen molar-refractivity contribution in [2.24, 2.45) is 5.41 Å². The Hall–Kier alpha value is -1.91. The molecule has 4 rings (SSSR count). The van der Waals surface area contributed by atoms with Gasteiger partial charge >= 0.3 is 0 Å². The molecule has 0 unspecified atom stereocenters. The average molecular weight is 351 g/mol. The number of anilines is 1. The Kier molecular flexibility index (Phi) is 4.72. The molecule has 26 heavy (non-hydrogen) atoms. The van der Waals surface area contributed by atoms with Crippen LogP contribution < -0.4 is 4.90 Å². The second-order valence-electron chi connectivity index (χ2n) is 8.23. The van der Waals surface area contributed by atoms with Gasteiger partial charge in [-0.15, -0.1) is 0 Å². The zero-order chi connectivity index (χ0) is 18.1. The normalized spacial score (nSPS) is 27.8. The van der Waals surface area contributed by atoms with Gasteiger partial charge in [-0.3, -0.25) is 4.90 Å². The Morgan fingerprint density at radius 2 is 1.92 bits per heavy atom. The summed E-state index contributed by atoms with van der Waals surface area (Å²) < 4.78 is 0. The number of hydrogen-bond donors (Lipinski definition) is 1. The Bertz CT molecular complexity index is 731. The van der Waals surface area contributed by atoms with Crippen molar-refractivity contribution in [2.75, 3.05) is 25.6 Å². The summed E-state index contributed by atoms with van der Waals surface area (Å²) in [5.74, 6) is 0.993. The molecule has 1 N–H and O–H groups in total. The van der Waals surface area contributed by atoms with E-state index < -0.39 is 0 Å². The third kappa shape index (κ3) is 3.12. The molecular formula is C22H29N3O. The first-order valence-corrected chi connectivity index (χ1v) is 9.64. The molecule has 1 aromatic carbocycles. The van der Waals surface area contributed by atoms with Crippen molar-refractivity contribution >= 4 is 5.82 Å². The fourth-order valence-electron chi connectivity index (χ4n) is 5.06. The zero-order valence-corrected chi connectivity index (χ0v) is 15.8. The second-order valence-corrected chi connectivity index (χ2v) is 8.23. The third-order valence-electron chi connectivity index (χ3n) is 6.34. The molecule has 3 heterocycles. The lowest BCUT2D eigenvalue weighted by Gasteiger charge is -2.36. The van der Waals surface area contributed by atoms with E-state index in [1.807, 2.05) is 25.2 Å². The summed E-state index contributed by atoms with van der Waals surface area (Å²) >= 11 is 0. The van der Waals surface area contributed by atoms with Crippen molar-refractivity contribution in [1.29, 1.82) is 0 Å². The maximum Gasteiger partial charge on any atom is 0.127 e. The van der Waals surface area contributed by atoms with Crippen molar-refractivity contribution in [3.8, 4) is 0 Å². The quantitative estimate of drug-likeness (QED) is 0.868. The molecule has 0 spiro atoms. The molecule has 138 valence electrons. The molecule has 0 radical (unpaired) electrons. The molecule has 2 aliphatic heterocycles. The number of rotatable bonds is 6. The van der Waals surface area contributed by atoms with Crippen LogP contribution >= 0.6 is 0 Å². The van der Waals surface area contributed by atoms with Gasteiger partial charge in [-0.2, -0.15) is 0 Å². The highest BCUT2D eigenvalue weighted by Crippen LogP contribution is 2.51. The van der Waals surface area contributed by atoms with Gasteiger partial charge in [-0.25, -0.2) is 4.98 Å². The zero-order valence-electron chi connectivity index (χ0n) is 15.8. The van der Waals surface area contributed by atoms with Gasteiger partial charge in [-0.1, -0.05) is 36.4 Å². The first-order valence-electron chi connectivity index (χ1n) is 9.64. The third-order valence-corrected chi connectivity index (χ3v) is 6.34. The Labute approximate surface area is 156 Å². The predicted octanol–water partition coefficient (Wildman–Crippen LogP) is 3.11. The number of aromatic nitrogens is 1. The minimum absolute atomic E-state index is 0.00127. The van der Waals surface area contributed by atoms with E-state index in [1.54, 1.807) is 0 Å². The molecule has 2 saturated heterocycles. The molecule has 0 aliphatic carbocycles. The highest BCUT2D eigenvalue weighted by molar-refractivity contribution is 5.37. The van der Waals surface area contributed by atoms with Crippen LogP contribution in [0.15, 0.2) is 48.7 Å². The van der Waals surface area contributed by atoms with E-state index >= 15 is 0 Å². The van der Waals surface area contributed by atoms with Crippen LogP contribution in [0.3, 0.4) is 0 Å². The second kappa shape index (κ2) is 7.01. The first-order chi connectivity index (χ1) is 12.6. The number of aliphatic hydroxyl groups excluding tert-OH is 1.